The summed E-state index contributed by atoms with van der Waals surface area (Å²) in [6, 6.07) is 4.75. The molecular weight excluding hydrogens is 290 g/mol. The quantitative estimate of drug-likeness (QED) is 0.755. The average molecular weight is 312 g/mol. The highest BCUT2D eigenvalue weighted by molar-refractivity contribution is 6.33. The number of halogens is 1. The number of hydrogen-bond acceptors (Lipinski definition) is 3. The van der Waals surface area contributed by atoms with E-state index in [0.29, 0.717) is 22.8 Å². The Morgan fingerprint density at radius 3 is 2.48 bits per heavy atom. The topological polar surface area (TPSA) is 84.2 Å². The van der Waals surface area contributed by atoms with Crippen molar-refractivity contribution in [3.63, 3.8) is 0 Å². The van der Waals surface area contributed by atoms with E-state index in [1.54, 1.807) is 25.1 Å². The molecule has 5 nitrogen and oxygen atoms in total. The summed E-state index contributed by atoms with van der Waals surface area (Å²) in [4.78, 5) is 23.3. The van der Waals surface area contributed by atoms with E-state index in [2.05, 4.69) is 10.6 Å². The molecule has 6 heteroatoms. The highest BCUT2D eigenvalue weighted by Gasteiger charge is 2.14. The van der Waals surface area contributed by atoms with Gasteiger partial charge in [-0.15, -0.1) is 0 Å². The number of carbonyl (C=O) groups is 2. The fraction of sp³-hybridized carbons (Fsp3) is 0.467. The first kappa shape index (κ1) is 17.5. The van der Waals surface area contributed by atoms with Crippen molar-refractivity contribution in [3.8, 4) is 0 Å². The molecule has 0 radical (unpaired) electrons. The maximum Gasteiger partial charge on any atom is 0.225 e. The maximum absolute atomic E-state index is 11.9. The molecule has 1 atom stereocenters. The van der Waals surface area contributed by atoms with E-state index in [0.717, 1.165) is 0 Å². The van der Waals surface area contributed by atoms with Crippen molar-refractivity contribution in [2.45, 2.75) is 39.7 Å². The van der Waals surface area contributed by atoms with E-state index < -0.39 is 0 Å². The molecule has 0 heterocycles. The lowest BCUT2D eigenvalue weighted by Crippen LogP contribution is -2.31. The molecule has 1 unspecified atom stereocenters. The van der Waals surface area contributed by atoms with E-state index >= 15 is 0 Å². The van der Waals surface area contributed by atoms with Gasteiger partial charge in [-0.1, -0.05) is 32.4 Å². The molecule has 0 aliphatic rings. The zero-order chi connectivity index (χ0) is 16.0. The number of rotatable bonds is 6. The number of benzene rings is 1. The van der Waals surface area contributed by atoms with Gasteiger partial charge >= 0.3 is 0 Å². The predicted octanol–water partition coefficient (Wildman–Crippen LogP) is 3.00. The minimum absolute atomic E-state index is 0.101. The Morgan fingerprint density at radius 1 is 1.24 bits per heavy atom. The third kappa shape index (κ3) is 5.73. The van der Waals surface area contributed by atoms with Gasteiger partial charge in [-0.3, -0.25) is 9.59 Å². The fourth-order valence-corrected chi connectivity index (χ4v) is 1.76. The lowest BCUT2D eigenvalue weighted by Gasteiger charge is -2.16. The lowest BCUT2D eigenvalue weighted by atomic mass is 10.0. The average Bonchev–Trinajstić information content (AvgIpc) is 2.42. The maximum atomic E-state index is 11.9. The predicted molar refractivity (Wildman–Crippen MR) is 86.4 cm³/mol. The summed E-state index contributed by atoms with van der Waals surface area (Å²) in [7, 11) is 0. The van der Waals surface area contributed by atoms with Crippen LogP contribution in [0, 0.1) is 5.92 Å². The Balaban J connectivity index is 2.75. The van der Waals surface area contributed by atoms with Gasteiger partial charge in [0.25, 0.3) is 0 Å². The fourth-order valence-electron chi connectivity index (χ4n) is 1.60. The van der Waals surface area contributed by atoms with Crippen LogP contribution < -0.4 is 16.4 Å². The number of amides is 2. The minimum Gasteiger partial charge on any atom is -0.327 e. The van der Waals surface area contributed by atoms with E-state index in [1.165, 1.54) is 0 Å². The van der Waals surface area contributed by atoms with E-state index in [1.807, 2.05) is 13.8 Å². The second-order valence-corrected chi connectivity index (χ2v) is 5.66. The van der Waals surface area contributed by atoms with Crippen LogP contribution in [-0.2, 0) is 9.59 Å². The van der Waals surface area contributed by atoms with E-state index in [4.69, 9.17) is 17.3 Å². The summed E-state index contributed by atoms with van der Waals surface area (Å²) in [6.07, 6.45) is 0.604. The van der Waals surface area contributed by atoms with Crippen LogP contribution in [-0.4, -0.2) is 17.9 Å². The summed E-state index contributed by atoms with van der Waals surface area (Å²) in [5, 5.41) is 5.86. The summed E-state index contributed by atoms with van der Waals surface area (Å²) in [5.41, 5.74) is 6.93. The molecule has 116 valence electrons. The number of nitrogens with two attached hydrogens (primary N) is 1. The molecule has 0 aromatic heterocycles. The number of carbonyl (C=O) groups excluding carboxylic acids is 2. The zero-order valence-corrected chi connectivity index (χ0v) is 13.3. The lowest BCUT2D eigenvalue weighted by molar-refractivity contribution is -0.117. The zero-order valence-electron chi connectivity index (χ0n) is 12.6. The van der Waals surface area contributed by atoms with Crippen LogP contribution in [0.3, 0.4) is 0 Å². The normalized spacial score (nSPS) is 12.1. The molecule has 4 N–H and O–H groups in total. The van der Waals surface area contributed by atoms with Crippen LogP contribution >= 0.6 is 11.6 Å². The summed E-state index contributed by atoms with van der Waals surface area (Å²) >= 11 is 6.05. The number of hydrogen-bond donors (Lipinski definition) is 3. The Morgan fingerprint density at radius 2 is 1.90 bits per heavy atom. The van der Waals surface area contributed by atoms with Crippen LogP contribution in [0.5, 0.6) is 0 Å². The highest BCUT2D eigenvalue weighted by atomic mass is 35.5. The molecule has 2 amide bonds. The third-order valence-electron chi connectivity index (χ3n) is 3.12. The Hall–Kier alpha value is -1.59. The molecule has 0 spiro atoms. The molecular formula is C15H22ClN3O2. The van der Waals surface area contributed by atoms with Crippen molar-refractivity contribution < 1.29 is 9.59 Å². The largest absolute Gasteiger partial charge is 0.327 e. The van der Waals surface area contributed by atoms with Gasteiger partial charge in [0, 0.05) is 24.6 Å². The van der Waals surface area contributed by atoms with E-state index in [9.17, 15) is 9.59 Å². The van der Waals surface area contributed by atoms with Crippen LogP contribution in [0.1, 0.15) is 33.6 Å². The first-order chi connectivity index (χ1) is 9.83. The van der Waals surface area contributed by atoms with Crippen LogP contribution in [0.4, 0.5) is 11.4 Å². The van der Waals surface area contributed by atoms with Crippen molar-refractivity contribution >= 4 is 34.8 Å². The second-order valence-electron chi connectivity index (χ2n) is 5.26. The van der Waals surface area contributed by atoms with E-state index in [-0.39, 0.29) is 30.2 Å². The van der Waals surface area contributed by atoms with Gasteiger partial charge in [0.05, 0.1) is 10.7 Å². The number of anilines is 2. The van der Waals surface area contributed by atoms with Crippen LogP contribution in [0.25, 0.3) is 0 Å². The Bertz CT molecular complexity index is 518. The molecule has 21 heavy (non-hydrogen) atoms. The summed E-state index contributed by atoms with van der Waals surface area (Å²) in [6.45, 7) is 5.69. The van der Waals surface area contributed by atoms with Gasteiger partial charge in [-0.25, -0.2) is 0 Å². The van der Waals surface area contributed by atoms with Crippen molar-refractivity contribution in [3.05, 3.63) is 23.2 Å². The van der Waals surface area contributed by atoms with Crippen molar-refractivity contribution in [2.75, 3.05) is 10.6 Å². The number of nitrogens with one attached hydrogen (secondary N) is 2. The Kier molecular flexibility index (Phi) is 6.65. The second kappa shape index (κ2) is 8.00. The molecule has 0 fully saturated rings. The molecule has 0 saturated carbocycles. The monoisotopic (exact) mass is 311 g/mol. The van der Waals surface area contributed by atoms with Gasteiger partial charge < -0.3 is 16.4 Å². The highest BCUT2D eigenvalue weighted by Crippen LogP contribution is 2.26. The van der Waals surface area contributed by atoms with Crippen molar-refractivity contribution in [1.82, 2.24) is 0 Å². The molecule has 1 aromatic rings. The molecule has 1 aromatic carbocycles. The molecule has 0 saturated heterocycles. The molecule has 0 aliphatic heterocycles. The molecule has 0 aliphatic carbocycles. The first-order valence-corrected chi connectivity index (χ1v) is 7.36. The Labute approximate surface area is 130 Å². The van der Waals surface area contributed by atoms with Gasteiger partial charge in [-0.05, 0) is 24.1 Å². The third-order valence-corrected chi connectivity index (χ3v) is 3.45. The molecule has 1 rings (SSSR count). The summed E-state index contributed by atoms with van der Waals surface area (Å²) in [5.74, 6) is -0.0742. The molecule has 0 bridgehead atoms. The van der Waals surface area contributed by atoms with Crippen molar-refractivity contribution in [1.29, 1.82) is 0 Å². The standard InChI is InChI=1S/C15H22ClN3O2/c1-4-14(20)18-10-5-6-11(16)13(7-10)19-15(21)8-12(17)9(2)3/h5-7,9,12H,4,8,17H2,1-3H3,(H,18,20)(H,19,21). The minimum atomic E-state index is -0.202. The summed E-state index contributed by atoms with van der Waals surface area (Å²) < 4.78 is 0. The SMILES string of the molecule is CCC(=O)Nc1ccc(Cl)c(NC(=O)CC(N)C(C)C)c1. The van der Waals surface area contributed by atoms with Gasteiger partial charge in [-0.2, -0.15) is 0 Å². The van der Waals surface area contributed by atoms with Crippen LogP contribution in [0.2, 0.25) is 5.02 Å². The van der Waals surface area contributed by atoms with Gasteiger partial charge in [0.2, 0.25) is 11.8 Å². The van der Waals surface area contributed by atoms with Gasteiger partial charge in [0.1, 0.15) is 0 Å². The first-order valence-electron chi connectivity index (χ1n) is 6.98. The smallest absolute Gasteiger partial charge is 0.225 e. The van der Waals surface area contributed by atoms with Crippen molar-refractivity contribution in [2.24, 2.45) is 11.7 Å². The van der Waals surface area contributed by atoms with Crippen LogP contribution in [0.15, 0.2) is 18.2 Å². The van der Waals surface area contributed by atoms with Gasteiger partial charge in [0.15, 0.2) is 0 Å².